The van der Waals surface area contributed by atoms with E-state index in [0.717, 1.165) is 32.5 Å². The van der Waals surface area contributed by atoms with Crippen molar-refractivity contribution >= 4 is 27.0 Å². The molecule has 0 spiro atoms. The molecule has 0 bridgehead atoms. The number of oxazole rings is 1. The van der Waals surface area contributed by atoms with Crippen LogP contribution in [0.3, 0.4) is 0 Å². The van der Waals surface area contributed by atoms with Crippen molar-refractivity contribution in [1.29, 1.82) is 0 Å². The Hall–Kier alpha value is -2.95. The summed E-state index contributed by atoms with van der Waals surface area (Å²) < 4.78 is 34.5. The summed E-state index contributed by atoms with van der Waals surface area (Å²) in [6.45, 7) is 3.26. The number of likely N-dealkylation sites (tertiary alicyclic amines) is 1. The van der Waals surface area contributed by atoms with Gasteiger partial charge in [-0.25, -0.2) is 13.2 Å². The van der Waals surface area contributed by atoms with Gasteiger partial charge in [-0.1, -0.05) is 30.3 Å². The SMILES string of the molecule is Cn1c(=O)oc2cc(S(=O)(=O)N3CCC[C@@H](C(=O)NC4CCN(Cc5ccccc5)CC4)C3)ccc21. The van der Waals surface area contributed by atoms with Crippen LogP contribution in [0.1, 0.15) is 31.2 Å². The molecule has 9 nitrogen and oxygen atoms in total. The molecular formula is C26H32N4O5S. The number of carbonyl (C=O) groups is 1. The van der Waals surface area contributed by atoms with Crippen LogP contribution in [0.4, 0.5) is 0 Å². The molecule has 1 aromatic heterocycles. The predicted octanol–water partition coefficient (Wildman–Crippen LogP) is 2.31. The maximum atomic E-state index is 13.3. The molecule has 0 saturated carbocycles. The third kappa shape index (κ3) is 5.11. The smallest absolute Gasteiger partial charge is 0.408 e. The molecule has 1 atom stereocenters. The van der Waals surface area contributed by atoms with E-state index < -0.39 is 15.8 Å². The van der Waals surface area contributed by atoms with E-state index in [-0.39, 0.29) is 34.9 Å². The first-order valence-electron chi connectivity index (χ1n) is 12.5. The van der Waals surface area contributed by atoms with Crippen LogP contribution in [0, 0.1) is 5.92 Å². The number of rotatable bonds is 6. The molecule has 2 aliphatic heterocycles. The summed E-state index contributed by atoms with van der Waals surface area (Å²) in [6, 6.07) is 14.9. The molecule has 0 aliphatic carbocycles. The van der Waals surface area contributed by atoms with E-state index in [4.69, 9.17) is 4.42 Å². The van der Waals surface area contributed by atoms with E-state index in [2.05, 4.69) is 22.3 Å². The second-order valence-electron chi connectivity index (χ2n) is 9.80. The Morgan fingerprint density at radius 2 is 1.81 bits per heavy atom. The standard InChI is InChI=1S/C26H32N4O5S/c1-28-23-10-9-22(16-24(23)35-26(28)32)36(33,34)30-13-5-8-20(18-30)25(31)27-21-11-14-29(15-12-21)17-19-6-3-2-4-7-19/h2-4,6-7,9-10,16,20-21H,5,8,11-15,17-18H2,1H3,(H,27,31)/t20-/m1/s1. The summed E-state index contributed by atoms with van der Waals surface area (Å²) in [5, 5.41) is 3.18. The predicted molar refractivity (Wildman–Crippen MR) is 136 cm³/mol. The molecular weight excluding hydrogens is 480 g/mol. The molecule has 1 N–H and O–H groups in total. The summed E-state index contributed by atoms with van der Waals surface area (Å²) in [7, 11) is -2.25. The van der Waals surface area contributed by atoms with E-state index in [9.17, 15) is 18.0 Å². The van der Waals surface area contributed by atoms with Crippen molar-refractivity contribution in [3.05, 3.63) is 64.6 Å². The lowest BCUT2D eigenvalue weighted by Crippen LogP contribution is -2.50. The minimum Gasteiger partial charge on any atom is -0.408 e. The number of carbonyl (C=O) groups excluding carboxylic acids is 1. The number of hydrogen-bond acceptors (Lipinski definition) is 6. The van der Waals surface area contributed by atoms with Gasteiger partial charge in [-0.2, -0.15) is 4.31 Å². The number of nitrogens with one attached hydrogen (secondary N) is 1. The molecule has 0 unspecified atom stereocenters. The van der Waals surface area contributed by atoms with E-state index in [1.165, 1.54) is 26.6 Å². The highest BCUT2D eigenvalue weighted by molar-refractivity contribution is 7.89. The van der Waals surface area contributed by atoms with Gasteiger partial charge in [0.05, 0.1) is 16.3 Å². The number of fused-ring (bicyclic) bond motifs is 1. The highest BCUT2D eigenvalue weighted by atomic mass is 32.2. The number of aromatic nitrogens is 1. The quantitative estimate of drug-likeness (QED) is 0.544. The van der Waals surface area contributed by atoms with Crippen LogP contribution in [-0.2, 0) is 28.4 Å². The van der Waals surface area contributed by atoms with Crippen molar-refractivity contribution in [1.82, 2.24) is 19.1 Å². The fraction of sp³-hybridized carbons (Fsp3) is 0.462. The first-order chi connectivity index (χ1) is 17.3. The van der Waals surface area contributed by atoms with Crippen LogP contribution >= 0.6 is 0 Å². The number of aryl methyl sites for hydroxylation is 1. The van der Waals surface area contributed by atoms with Crippen LogP contribution in [-0.4, -0.2) is 60.3 Å². The van der Waals surface area contributed by atoms with E-state index in [0.29, 0.717) is 24.9 Å². The molecule has 36 heavy (non-hydrogen) atoms. The zero-order valence-electron chi connectivity index (χ0n) is 20.4. The summed E-state index contributed by atoms with van der Waals surface area (Å²) in [6.07, 6.45) is 3.05. The average molecular weight is 513 g/mol. The Morgan fingerprint density at radius 3 is 2.56 bits per heavy atom. The Bertz CT molecular complexity index is 1390. The first-order valence-corrected chi connectivity index (χ1v) is 13.9. The molecule has 3 aromatic rings. The number of amides is 1. The van der Waals surface area contributed by atoms with Crippen molar-refractivity contribution < 1.29 is 17.6 Å². The van der Waals surface area contributed by atoms with E-state index in [1.807, 2.05) is 18.2 Å². The highest BCUT2D eigenvalue weighted by Gasteiger charge is 2.34. The molecule has 3 heterocycles. The Kier molecular flexibility index (Phi) is 7.00. The monoisotopic (exact) mass is 512 g/mol. The first kappa shape index (κ1) is 24.7. The van der Waals surface area contributed by atoms with Crippen molar-refractivity contribution in [2.45, 2.75) is 43.2 Å². The molecule has 0 radical (unpaired) electrons. The van der Waals surface area contributed by atoms with Crippen molar-refractivity contribution in [2.75, 3.05) is 26.2 Å². The van der Waals surface area contributed by atoms with Crippen molar-refractivity contribution in [2.24, 2.45) is 13.0 Å². The molecule has 2 fully saturated rings. The van der Waals surface area contributed by atoms with Gasteiger partial charge in [-0.05, 0) is 43.4 Å². The van der Waals surface area contributed by atoms with Gasteiger partial charge in [0.25, 0.3) is 0 Å². The lowest BCUT2D eigenvalue weighted by Gasteiger charge is -2.35. The van der Waals surface area contributed by atoms with Gasteiger partial charge in [-0.3, -0.25) is 14.3 Å². The lowest BCUT2D eigenvalue weighted by atomic mass is 9.97. The van der Waals surface area contributed by atoms with Crippen LogP contribution < -0.4 is 11.1 Å². The number of hydrogen-bond donors (Lipinski definition) is 1. The van der Waals surface area contributed by atoms with Crippen molar-refractivity contribution in [3.63, 3.8) is 0 Å². The van der Waals surface area contributed by atoms with Crippen LogP contribution in [0.2, 0.25) is 0 Å². The Morgan fingerprint density at radius 1 is 1.06 bits per heavy atom. The fourth-order valence-electron chi connectivity index (χ4n) is 5.19. The molecule has 2 aliphatic rings. The maximum Gasteiger partial charge on any atom is 0.419 e. The summed E-state index contributed by atoms with van der Waals surface area (Å²) in [5.41, 5.74) is 2.05. The highest BCUT2D eigenvalue weighted by Crippen LogP contribution is 2.26. The summed E-state index contributed by atoms with van der Waals surface area (Å²) in [4.78, 5) is 27.3. The third-order valence-electron chi connectivity index (χ3n) is 7.34. The van der Waals surface area contributed by atoms with Crippen LogP contribution in [0.15, 0.2) is 62.6 Å². The molecule has 10 heteroatoms. The number of piperidine rings is 2. The number of sulfonamides is 1. The average Bonchev–Trinajstić information content (AvgIpc) is 3.18. The van der Waals surface area contributed by atoms with Crippen LogP contribution in [0.25, 0.3) is 11.1 Å². The van der Waals surface area contributed by atoms with Gasteiger partial charge in [0, 0.05) is 51.9 Å². The summed E-state index contributed by atoms with van der Waals surface area (Å²) in [5.74, 6) is -0.990. The topological polar surface area (TPSA) is 105 Å². The van der Waals surface area contributed by atoms with E-state index >= 15 is 0 Å². The minimum atomic E-state index is -3.82. The summed E-state index contributed by atoms with van der Waals surface area (Å²) >= 11 is 0. The van der Waals surface area contributed by atoms with E-state index in [1.54, 1.807) is 13.1 Å². The molecule has 5 rings (SSSR count). The third-order valence-corrected chi connectivity index (χ3v) is 9.20. The van der Waals surface area contributed by atoms with Gasteiger partial charge in [-0.15, -0.1) is 0 Å². The lowest BCUT2D eigenvalue weighted by molar-refractivity contribution is -0.127. The molecule has 1 amide bonds. The van der Waals surface area contributed by atoms with Gasteiger partial charge in [0.1, 0.15) is 0 Å². The second kappa shape index (κ2) is 10.2. The zero-order chi connectivity index (χ0) is 25.3. The number of nitrogens with zero attached hydrogens (tertiary/aromatic N) is 3. The molecule has 192 valence electrons. The van der Waals surface area contributed by atoms with Crippen molar-refractivity contribution in [3.8, 4) is 0 Å². The largest absolute Gasteiger partial charge is 0.419 e. The Balaban J connectivity index is 1.18. The molecule has 2 aromatic carbocycles. The molecule has 2 saturated heterocycles. The van der Waals surface area contributed by atoms with Crippen LogP contribution in [0.5, 0.6) is 0 Å². The number of benzene rings is 2. The van der Waals surface area contributed by atoms with Gasteiger partial charge < -0.3 is 9.73 Å². The minimum absolute atomic E-state index is 0.0659. The fourth-order valence-corrected chi connectivity index (χ4v) is 6.73. The van der Waals surface area contributed by atoms with Gasteiger partial charge in [0.2, 0.25) is 15.9 Å². The van der Waals surface area contributed by atoms with Gasteiger partial charge >= 0.3 is 5.76 Å². The second-order valence-corrected chi connectivity index (χ2v) is 11.7. The normalized spacial score (nSPS) is 20.5. The zero-order valence-corrected chi connectivity index (χ0v) is 21.2. The Labute approximate surface area is 210 Å². The maximum absolute atomic E-state index is 13.3. The van der Waals surface area contributed by atoms with Gasteiger partial charge in [0.15, 0.2) is 5.58 Å².